The van der Waals surface area contributed by atoms with Gasteiger partial charge in [-0.25, -0.2) is 4.98 Å². The Morgan fingerprint density at radius 1 is 1.47 bits per heavy atom. The highest BCUT2D eigenvalue weighted by Crippen LogP contribution is 2.21. The zero-order valence-electron chi connectivity index (χ0n) is 9.30. The minimum Gasteiger partial charge on any atom is -0.369 e. The molecule has 1 amide bonds. The number of hydrogen-bond acceptors (Lipinski definition) is 4. The Kier molecular flexibility index (Phi) is 3.43. The van der Waals surface area contributed by atoms with Gasteiger partial charge in [-0.05, 0) is 12.5 Å². The normalized spacial score (nSPS) is 10.4. The van der Waals surface area contributed by atoms with Crippen LogP contribution in [0.1, 0.15) is 5.56 Å². The number of nitrogens with zero attached hydrogens (tertiary/aromatic N) is 2. The first-order chi connectivity index (χ1) is 8.16. The monoisotopic (exact) mass is 248 g/mol. The summed E-state index contributed by atoms with van der Waals surface area (Å²) in [4.78, 5) is 14.9. The van der Waals surface area contributed by atoms with Crippen LogP contribution < -0.4 is 5.73 Å². The van der Waals surface area contributed by atoms with Crippen molar-refractivity contribution in [2.75, 3.05) is 5.75 Å². The number of rotatable bonds is 4. The van der Waals surface area contributed by atoms with Gasteiger partial charge in [0.1, 0.15) is 0 Å². The molecule has 0 fully saturated rings. The molecule has 0 saturated carbocycles. The topological polar surface area (TPSA) is 84.7 Å². The van der Waals surface area contributed by atoms with Crippen molar-refractivity contribution >= 4 is 17.7 Å². The number of aromatic nitrogens is 3. The van der Waals surface area contributed by atoms with E-state index in [1.807, 2.05) is 31.2 Å². The largest absolute Gasteiger partial charge is 0.369 e. The molecule has 0 aliphatic carbocycles. The number of H-pyrrole nitrogens is 1. The highest BCUT2D eigenvalue weighted by molar-refractivity contribution is 7.99. The first kappa shape index (κ1) is 11.7. The number of primary amides is 1. The molecule has 1 aromatic heterocycles. The van der Waals surface area contributed by atoms with Gasteiger partial charge in [-0.2, -0.15) is 0 Å². The SMILES string of the molecule is Cc1ccccc1-c1nc(SCC(N)=O)n[nH]1. The molecule has 1 heterocycles. The molecule has 17 heavy (non-hydrogen) atoms. The lowest BCUT2D eigenvalue weighted by molar-refractivity contribution is -0.115. The van der Waals surface area contributed by atoms with Gasteiger partial charge < -0.3 is 5.73 Å². The third-order valence-electron chi connectivity index (χ3n) is 2.21. The van der Waals surface area contributed by atoms with Gasteiger partial charge in [-0.1, -0.05) is 36.0 Å². The maximum Gasteiger partial charge on any atom is 0.227 e. The van der Waals surface area contributed by atoms with Gasteiger partial charge >= 0.3 is 0 Å². The Morgan fingerprint density at radius 2 is 2.24 bits per heavy atom. The third-order valence-corrected chi connectivity index (χ3v) is 3.08. The molecular weight excluding hydrogens is 236 g/mol. The van der Waals surface area contributed by atoms with Crippen molar-refractivity contribution in [3.05, 3.63) is 29.8 Å². The summed E-state index contributed by atoms with van der Waals surface area (Å²) in [5.74, 6) is 0.512. The Morgan fingerprint density at radius 3 is 2.94 bits per heavy atom. The fourth-order valence-electron chi connectivity index (χ4n) is 1.41. The van der Waals surface area contributed by atoms with Crippen molar-refractivity contribution in [2.45, 2.75) is 12.1 Å². The van der Waals surface area contributed by atoms with Crippen molar-refractivity contribution in [1.82, 2.24) is 15.2 Å². The van der Waals surface area contributed by atoms with Gasteiger partial charge in [-0.15, -0.1) is 5.10 Å². The van der Waals surface area contributed by atoms with Crippen LogP contribution in [0, 0.1) is 6.92 Å². The summed E-state index contributed by atoms with van der Waals surface area (Å²) < 4.78 is 0. The van der Waals surface area contributed by atoms with Crippen LogP contribution in [-0.4, -0.2) is 26.8 Å². The predicted octanol–water partition coefficient (Wildman–Crippen LogP) is 1.36. The van der Waals surface area contributed by atoms with Gasteiger partial charge in [0.2, 0.25) is 11.1 Å². The molecular formula is C11H12N4OS. The molecule has 0 aliphatic rings. The fraction of sp³-hybridized carbons (Fsp3) is 0.182. The lowest BCUT2D eigenvalue weighted by atomic mass is 10.1. The molecule has 2 rings (SSSR count). The quantitative estimate of drug-likeness (QED) is 0.800. The number of amides is 1. The van der Waals surface area contributed by atoms with Crippen LogP contribution in [0.5, 0.6) is 0 Å². The standard InChI is InChI=1S/C11H12N4OS/c1-7-4-2-3-5-8(7)10-13-11(15-14-10)17-6-9(12)16/h2-5H,6H2,1H3,(H2,12,16)(H,13,14,15). The highest BCUT2D eigenvalue weighted by atomic mass is 32.2. The number of aryl methyl sites for hydroxylation is 1. The number of nitrogens with one attached hydrogen (secondary N) is 1. The Bertz CT molecular complexity index is 538. The van der Waals surface area contributed by atoms with E-state index < -0.39 is 0 Å². The van der Waals surface area contributed by atoms with Crippen LogP contribution in [-0.2, 0) is 4.79 Å². The van der Waals surface area contributed by atoms with Crippen LogP contribution in [0.3, 0.4) is 0 Å². The van der Waals surface area contributed by atoms with E-state index in [-0.39, 0.29) is 11.7 Å². The Hall–Kier alpha value is -1.82. The molecule has 0 spiro atoms. The summed E-state index contributed by atoms with van der Waals surface area (Å²) in [5.41, 5.74) is 7.18. The van der Waals surface area contributed by atoms with Crippen LogP contribution in [0.15, 0.2) is 29.4 Å². The lowest BCUT2D eigenvalue weighted by Gasteiger charge is -1.99. The summed E-state index contributed by atoms with van der Waals surface area (Å²) in [6, 6.07) is 7.89. The molecule has 3 N–H and O–H groups in total. The number of benzene rings is 1. The molecule has 0 atom stereocenters. The molecule has 0 aliphatic heterocycles. The Labute approximate surface area is 103 Å². The summed E-state index contributed by atoms with van der Waals surface area (Å²) in [5, 5.41) is 7.41. The first-order valence-electron chi connectivity index (χ1n) is 5.06. The maximum atomic E-state index is 10.6. The minimum absolute atomic E-state index is 0.186. The summed E-state index contributed by atoms with van der Waals surface area (Å²) >= 11 is 1.22. The zero-order chi connectivity index (χ0) is 12.3. The number of carbonyl (C=O) groups is 1. The average Bonchev–Trinajstić information content (AvgIpc) is 2.75. The van der Waals surface area contributed by atoms with Crippen molar-refractivity contribution in [2.24, 2.45) is 5.73 Å². The number of carbonyl (C=O) groups excluding carboxylic acids is 1. The average molecular weight is 248 g/mol. The molecule has 0 unspecified atom stereocenters. The molecule has 0 saturated heterocycles. The fourth-order valence-corrected chi connectivity index (χ4v) is 1.94. The molecule has 0 bridgehead atoms. The second-order valence-corrected chi connectivity index (χ2v) is 4.48. The van der Waals surface area contributed by atoms with Crippen LogP contribution >= 0.6 is 11.8 Å². The van der Waals surface area contributed by atoms with Crippen LogP contribution in [0.2, 0.25) is 0 Å². The van der Waals surface area contributed by atoms with Crippen molar-refractivity contribution in [3.8, 4) is 11.4 Å². The first-order valence-corrected chi connectivity index (χ1v) is 6.05. The van der Waals surface area contributed by atoms with E-state index in [9.17, 15) is 4.79 Å². The second kappa shape index (κ2) is 5.01. The van der Waals surface area contributed by atoms with Crippen molar-refractivity contribution in [1.29, 1.82) is 0 Å². The van der Waals surface area contributed by atoms with Crippen LogP contribution in [0.4, 0.5) is 0 Å². The summed E-state index contributed by atoms with van der Waals surface area (Å²) in [7, 11) is 0. The van der Waals surface area contributed by atoms with E-state index in [1.165, 1.54) is 11.8 Å². The third kappa shape index (κ3) is 2.85. The number of thioether (sulfide) groups is 1. The van der Waals surface area contributed by atoms with Gasteiger partial charge in [0, 0.05) is 5.56 Å². The number of hydrogen-bond donors (Lipinski definition) is 2. The van der Waals surface area contributed by atoms with Gasteiger partial charge in [0.15, 0.2) is 5.82 Å². The zero-order valence-corrected chi connectivity index (χ0v) is 10.1. The van der Waals surface area contributed by atoms with E-state index in [0.29, 0.717) is 11.0 Å². The molecule has 88 valence electrons. The van der Waals surface area contributed by atoms with Gasteiger partial charge in [0.05, 0.1) is 5.75 Å². The number of aromatic amines is 1. The maximum absolute atomic E-state index is 10.6. The number of nitrogens with two attached hydrogens (primary N) is 1. The summed E-state index contributed by atoms with van der Waals surface area (Å²) in [6.07, 6.45) is 0. The van der Waals surface area contributed by atoms with E-state index in [0.717, 1.165) is 11.1 Å². The highest BCUT2D eigenvalue weighted by Gasteiger charge is 2.08. The molecule has 2 aromatic rings. The van der Waals surface area contributed by atoms with E-state index in [1.54, 1.807) is 0 Å². The van der Waals surface area contributed by atoms with Gasteiger partial charge in [-0.3, -0.25) is 9.89 Å². The molecule has 5 nitrogen and oxygen atoms in total. The van der Waals surface area contributed by atoms with E-state index in [2.05, 4.69) is 15.2 Å². The van der Waals surface area contributed by atoms with Gasteiger partial charge in [0.25, 0.3) is 0 Å². The van der Waals surface area contributed by atoms with Crippen molar-refractivity contribution < 1.29 is 4.79 Å². The lowest BCUT2D eigenvalue weighted by Crippen LogP contribution is -2.13. The van der Waals surface area contributed by atoms with E-state index in [4.69, 9.17) is 5.73 Å². The van der Waals surface area contributed by atoms with Crippen LogP contribution in [0.25, 0.3) is 11.4 Å². The summed E-state index contributed by atoms with van der Waals surface area (Å²) in [6.45, 7) is 2.01. The Balaban J connectivity index is 2.18. The molecule has 0 radical (unpaired) electrons. The molecule has 1 aromatic carbocycles. The minimum atomic E-state index is -0.378. The predicted molar refractivity (Wildman–Crippen MR) is 66.5 cm³/mol. The van der Waals surface area contributed by atoms with E-state index >= 15 is 0 Å². The smallest absolute Gasteiger partial charge is 0.227 e. The molecule has 6 heteroatoms. The van der Waals surface area contributed by atoms with Crippen molar-refractivity contribution in [3.63, 3.8) is 0 Å². The second-order valence-electron chi connectivity index (χ2n) is 3.54.